The fourth-order valence-electron chi connectivity index (χ4n) is 1.50. The van der Waals surface area contributed by atoms with Crippen LogP contribution in [0.25, 0.3) is 0 Å². The van der Waals surface area contributed by atoms with Gasteiger partial charge in [0.25, 0.3) is 0 Å². The zero-order valence-electron chi connectivity index (χ0n) is 10.8. The zero-order valence-corrected chi connectivity index (χ0v) is 10.8. The van der Waals surface area contributed by atoms with E-state index in [-0.39, 0.29) is 12.5 Å². The minimum atomic E-state index is -0.770. The Bertz CT molecular complexity index is 508. The molecule has 0 radical (unpaired) electrons. The molecule has 0 fully saturated rings. The quantitative estimate of drug-likeness (QED) is 0.759. The highest BCUT2D eigenvalue weighted by Crippen LogP contribution is 2.09. The highest BCUT2D eigenvalue weighted by molar-refractivity contribution is 5.83. The smallest absolute Gasteiger partial charge is 0.330 e. The van der Waals surface area contributed by atoms with Gasteiger partial charge in [0.1, 0.15) is 6.04 Å². The van der Waals surface area contributed by atoms with E-state index in [1.165, 1.54) is 14.0 Å². The number of nitriles is 1. The van der Waals surface area contributed by atoms with Crippen molar-refractivity contribution in [3.63, 3.8) is 0 Å². The third-order valence-corrected chi connectivity index (χ3v) is 2.37. The minimum absolute atomic E-state index is 0.182. The van der Waals surface area contributed by atoms with E-state index in [1.54, 1.807) is 24.3 Å². The van der Waals surface area contributed by atoms with E-state index in [2.05, 4.69) is 15.4 Å². The Kier molecular flexibility index (Phi) is 5.35. The highest BCUT2D eigenvalue weighted by atomic mass is 16.5. The van der Waals surface area contributed by atoms with Gasteiger partial charge in [0.2, 0.25) is 5.91 Å². The van der Waals surface area contributed by atoms with E-state index in [0.29, 0.717) is 11.3 Å². The largest absolute Gasteiger partial charge is 0.467 e. The summed E-state index contributed by atoms with van der Waals surface area (Å²) in [4.78, 5) is 22.5. The van der Waals surface area contributed by atoms with Crippen molar-refractivity contribution in [2.24, 2.45) is 0 Å². The van der Waals surface area contributed by atoms with Gasteiger partial charge in [0.15, 0.2) is 0 Å². The second-order valence-corrected chi connectivity index (χ2v) is 3.85. The number of ether oxygens (including phenoxy) is 1. The molecule has 0 aliphatic carbocycles. The monoisotopic (exact) mass is 261 g/mol. The van der Waals surface area contributed by atoms with Gasteiger partial charge < -0.3 is 15.4 Å². The van der Waals surface area contributed by atoms with Crippen LogP contribution < -0.4 is 10.6 Å². The summed E-state index contributed by atoms with van der Waals surface area (Å²) in [5.41, 5.74) is 1.21. The van der Waals surface area contributed by atoms with Crippen LogP contribution in [0.2, 0.25) is 0 Å². The summed E-state index contributed by atoms with van der Waals surface area (Å²) < 4.78 is 4.60. The topological polar surface area (TPSA) is 91.2 Å². The number of rotatable bonds is 5. The summed E-state index contributed by atoms with van der Waals surface area (Å²) in [6.45, 7) is 1.51. The molecule has 1 amide bonds. The molecule has 0 bridgehead atoms. The van der Waals surface area contributed by atoms with Gasteiger partial charge in [0.05, 0.1) is 18.7 Å². The van der Waals surface area contributed by atoms with Gasteiger partial charge in [-0.2, -0.15) is 5.26 Å². The van der Waals surface area contributed by atoms with E-state index in [9.17, 15) is 9.59 Å². The lowest BCUT2D eigenvalue weighted by molar-refractivity contribution is -0.144. The number of methoxy groups -OCH3 is 1. The summed E-state index contributed by atoms with van der Waals surface area (Å²) in [5.74, 6) is -0.845. The zero-order chi connectivity index (χ0) is 14.3. The van der Waals surface area contributed by atoms with E-state index in [4.69, 9.17) is 5.26 Å². The second kappa shape index (κ2) is 7.01. The van der Waals surface area contributed by atoms with Crippen molar-refractivity contribution in [1.29, 1.82) is 5.26 Å². The molecule has 0 aliphatic heterocycles. The van der Waals surface area contributed by atoms with Gasteiger partial charge >= 0.3 is 5.97 Å². The maximum Gasteiger partial charge on any atom is 0.330 e. The highest BCUT2D eigenvalue weighted by Gasteiger charge is 2.19. The first kappa shape index (κ1) is 14.5. The van der Waals surface area contributed by atoms with Crippen LogP contribution in [0.4, 0.5) is 5.69 Å². The van der Waals surface area contributed by atoms with Crippen molar-refractivity contribution in [2.45, 2.75) is 13.0 Å². The number of benzene rings is 1. The lowest BCUT2D eigenvalue weighted by atomic mass is 10.2. The first-order valence-electron chi connectivity index (χ1n) is 5.65. The number of carbonyl (C=O) groups is 2. The maximum atomic E-state index is 11.5. The molecule has 19 heavy (non-hydrogen) atoms. The van der Waals surface area contributed by atoms with Crippen molar-refractivity contribution in [1.82, 2.24) is 5.32 Å². The molecule has 6 heteroatoms. The number of carbonyl (C=O) groups excluding carboxylic acids is 2. The summed E-state index contributed by atoms with van der Waals surface area (Å²) in [5, 5.41) is 14.2. The third kappa shape index (κ3) is 4.68. The molecular formula is C13H15N3O3. The van der Waals surface area contributed by atoms with Gasteiger partial charge in [-0.15, -0.1) is 0 Å². The molecule has 1 atom stereocenters. The molecule has 1 aromatic carbocycles. The SMILES string of the molecule is COC(=O)C(CNc1cccc(C#N)c1)NC(C)=O. The van der Waals surface area contributed by atoms with E-state index in [0.717, 1.165) is 0 Å². The van der Waals surface area contributed by atoms with E-state index >= 15 is 0 Å². The Labute approximate surface area is 111 Å². The van der Waals surface area contributed by atoms with Crippen LogP contribution in [0.5, 0.6) is 0 Å². The van der Waals surface area contributed by atoms with Gasteiger partial charge in [-0.05, 0) is 18.2 Å². The Morgan fingerprint density at radius 1 is 1.47 bits per heavy atom. The van der Waals surface area contributed by atoms with Crippen LogP contribution in [-0.4, -0.2) is 31.6 Å². The van der Waals surface area contributed by atoms with Crippen molar-refractivity contribution >= 4 is 17.6 Å². The van der Waals surface area contributed by atoms with Crippen LogP contribution in [-0.2, 0) is 14.3 Å². The summed E-state index contributed by atoms with van der Waals surface area (Å²) in [6, 6.07) is 8.08. The molecule has 6 nitrogen and oxygen atoms in total. The minimum Gasteiger partial charge on any atom is -0.467 e. The van der Waals surface area contributed by atoms with Crippen LogP contribution in [0.15, 0.2) is 24.3 Å². The van der Waals surface area contributed by atoms with Crippen molar-refractivity contribution in [2.75, 3.05) is 19.0 Å². The Morgan fingerprint density at radius 3 is 2.79 bits per heavy atom. The molecular weight excluding hydrogens is 246 g/mol. The predicted octanol–water partition coefficient (Wildman–Crippen LogP) is 0.648. The third-order valence-electron chi connectivity index (χ3n) is 2.37. The number of hydrogen-bond acceptors (Lipinski definition) is 5. The molecule has 0 saturated carbocycles. The number of esters is 1. The van der Waals surface area contributed by atoms with Gasteiger partial charge in [0, 0.05) is 19.2 Å². The predicted molar refractivity (Wildman–Crippen MR) is 69.3 cm³/mol. The standard InChI is InChI=1S/C13H15N3O3/c1-9(17)16-12(13(18)19-2)8-15-11-5-3-4-10(6-11)7-14/h3-6,12,15H,8H2,1-2H3,(H,16,17). The summed E-state index contributed by atoms with van der Waals surface area (Å²) in [7, 11) is 1.26. The fraction of sp³-hybridized carbons (Fsp3) is 0.308. The average molecular weight is 261 g/mol. The normalized spacial score (nSPS) is 11.0. The Hall–Kier alpha value is -2.55. The van der Waals surface area contributed by atoms with Crippen molar-refractivity contribution in [3.05, 3.63) is 29.8 Å². The molecule has 0 spiro atoms. The maximum absolute atomic E-state index is 11.5. The van der Waals surface area contributed by atoms with Crippen LogP contribution in [0.1, 0.15) is 12.5 Å². The lowest BCUT2D eigenvalue weighted by Crippen LogP contribution is -2.45. The first-order chi connectivity index (χ1) is 9.06. The Morgan fingerprint density at radius 2 is 2.21 bits per heavy atom. The van der Waals surface area contributed by atoms with E-state index in [1.807, 2.05) is 6.07 Å². The number of anilines is 1. The van der Waals surface area contributed by atoms with Crippen LogP contribution >= 0.6 is 0 Å². The first-order valence-corrected chi connectivity index (χ1v) is 5.65. The lowest BCUT2D eigenvalue weighted by Gasteiger charge is -2.16. The fourth-order valence-corrected chi connectivity index (χ4v) is 1.50. The van der Waals surface area contributed by atoms with Crippen LogP contribution in [0, 0.1) is 11.3 Å². The molecule has 1 aromatic rings. The molecule has 100 valence electrons. The number of nitrogens with zero attached hydrogens (tertiary/aromatic N) is 1. The van der Waals surface area contributed by atoms with Gasteiger partial charge in [-0.1, -0.05) is 6.07 Å². The second-order valence-electron chi connectivity index (χ2n) is 3.85. The number of amides is 1. The molecule has 2 N–H and O–H groups in total. The van der Waals surface area contributed by atoms with Gasteiger partial charge in [-0.25, -0.2) is 4.79 Å². The van der Waals surface area contributed by atoms with Crippen molar-refractivity contribution in [3.8, 4) is 6.07 Å². The number of hydrogen-bond donors (Lipinski definition) is 2. The molecule has 1 rings (SSSR count). The van der Waals surface area contributed by atoms with Crippen LogP contribution in [0.3, 0.4) is 0 Å². The molecule has 0 heterocycles. The molecule has 0 aromatic heterocycles. The molecule has 0 aliphatic rings. The van der Waals surface area contributed by atoms with Gasteiger partial charge in [-0.3, -0.25) is 4.79 Å². The molecule has 1 unspecified atom stereocenters. The average Bonchev–Trinajstić information content (AvgIpc) is 2.42. The van der Waals surface area contributed by atoms with E-state index < -0.39 is 12.0 Å². The summed E-state index contributed by atoms with van der Waals surface area (Å²) >= 11 is 0. The van der Waals surface area contributed by atoms with Crippen molar-refractivity contribution < 1.29 is 14.3 Å². The molecule has 0 saturated heterocycles. The number of nitrogens with one attached hydrogen (secondary N) is 2. The Balaban J connectivity index is 2.67. The summed E-state index contributed by atoms with van der Waals surface area (Å²) in [6.07, 6.45) is 0.